The van der Waals surface area contributed by atoms with Gasteiger partial charge in [0.15, 0.2) is 5.96 Å². The molecule has 0 unspecified atom stereocenters. The molecule has 0 atom stereocenters. The van der Waals surface area contributed by atoms with Gasteiger partial charge in [-0.25, -0.2) is 12.7 Å². The second kappa shape index (κ2) is 12.4. The number of benzene rings is 1. The quantitative estimate of drug-likeness (QED) is 0.235. The summed E-state index contributed by atoms with van der Waals surface area (Å²) in [4.78, 5) is 8.97. The molecule has 1 aromatic carbocycles. The van der Waals surface area contributed by atoms with E-state index in [1.165, 1.54) is 16.2 Å². The molecule has 2 rings (SSSR count). The fourth-order valence-corrected chi connectivity index (χ4v) is 4.26. The number of nitrogens with zero attached hydrogens (tertiary/aromatic N) is 4. The summed E-state index contributed by atoms with van der Waals surface area (Å²) in [5.74, 6) is 1.74. The lowest BCUT2D eigenvalue weighted by molar-refractivity contribution is 0.369. The molecule has 10 heteroatoms. The van der Waals surface area contributed by atoms with Crippen LogP contribution in [0.25, 0.3) is 0 Å². The van der Waals surface area contributed by atoms with Crippen molar-refractivity contribution in [1.29, 1.82) is 0 Å². The Morgan fingerprint density at radius 1 is 1.28 bits per heavy atom. The molecule has 0 saturated carbocycles. The molecule has 0 spiro atoms. The number of ether oxygens (including phenoxy) is 1. The van der Waals surface area contributed by atoms with Crippen LogP contribution in [0.1, 0.15) is 13.3 Å². The van der Waals surface area contributed by atoms with E-state index in [1.54, 1.807) is 14.2 Å². The highest BCUT2D eigenvalue weighted by molar-refractivity contribution is 14.0. The van der Waals surface area contributed by atoms with Crippen molar-refractivity contribution in [2.45, 2.75) is 13.3 Å². The minimum atomic E-state index is -3.13. The van der Waals surface area contributed by atoms with Gasteiger partial charge in [0.2, 0.25) is 10.0 Å². The van der Waals surface area contributed by atoms with E-state index in [4.69, 9.17) is 4.74 Å². The maximum Gasteiger partial charge on any atom is 0.211 e. The molecule has 166 valence electrons. The zero-order chi connectivity index (χ0) is 20.6. The average Bonchev–Trinajstić information content (AvgIpc) is 2.70. The van der Waals surface area contributed by atoms with Crippen LogP contribution in [0, 0.1) is 0 Å². The fraction of sp³-hybridized carbons (Fsp3) is 0.632. The lowest BCUT2D eigenvalue weighted by Gasteiger charge is -2.37. The van der Waals surface area contributed by atoms with Crippen molar-refractivity contribution in [1.82, 2.24) is 14.5 Å². The average molecular weight is 539 g/mol. The first-order valence-electron chi connectivity index (χ1n) is 9.68. The van der Waals surface area contributed by atoms with Crippen molar-refractivity contribution in [3.05, 3.63) is 24.3 Å². The first kappa shape index (κ1) is 25.8. The Balaban J connectivity index is 0.00000420. The van der Waals surface area contributed by atoms with Gasteiger partial charge in [0.05, 0.1) is 13.4 Å². The zero-order valence-corrected chi connectivity index (χ0v) is 20.9. The number of anilines is 1. The van der Waals surface area contributed by atoms with Gasteiger partial charge in [-0.2, -0.15) is 0 Å². The van der Waals surface area contributed by atoms with E-state index < -0.39 is 10.0 Å². The summed E-state index contributed by atoms with van der Waals surface area (Å²) in [6, 6.07) is 8.13. The number of hydrogen-bond donors (Lipinski definition) is 1. The highest BCUT2D eigenvalue weighted by Crippen LogP contribution is 2.22. The predicted octanol–water partition coefficient (Wildman–Crippen LogP) is 1.68. The highest BCUT2D eigenvalue weighted by atomic mass is 127. The van der Waals surface area contributed by atoms with Crippen LogP contribution in [-0.4, -0.2) is 89.8 Å². The van der Waals surface area contributed by atoms with Gasteiger partial charge in [0, 0.05) is 64.6 Å². The third kappa shape index (κ3) is 7.82. The number of rotatable bonds is 8. The number of guanidine groups is 1. The third-order valence-electron chi connectivity index (χ3n) is 4.90. The lowest BCUT2D eigenvalue weighted by Crippen LogP contribution is -2.52. The maximum absolute atomic E-state index is 11.6. The van der Waals surface area contributed by atoms with E-state index in [2.05, 4.69) is 32.2 Å². The molecule has 1 heterocycles. The van der Waals surface area contributed by atoms with Gasteiger partial charge in [0.25, 0.3) is 0 Å². The number of halogens is 1. The molecule has 1 aromatic rings. The predicted molar refractivity (Wildman–Crippen MR) is 130 cm³/mol. The number of aliphatic imine (C=N–C) groups is 1. The lowest BCUT2D eigenvalue weighted by atomic mass is 10.2. The Bertz CT molecular complexity index is 752. The second-order valence-electron chi connectivity index (χ2n) is 6.76. The van der Waals surface area contributed by atoms with E-state index in [9.17, 15) is 8.42 Å². The van der Waals surface area contributed by atoms with Gasteiger partial charge in [-0.1, -0.05) is 13.0 Å². The molecule has 0 bridgehead atoms. The van der Waals surface area contributed by atoms with Crippen LogP contribution < -0.4 is 15.0 Å². The molecular weight excluding hydrogens is 505 g/mol. The van der Waals surface area contributed by atoms with Crippen molar-refractivity contribution in [3.8, 4) is 5.75 Å². The van der Waals surface area contributed by atoms with E-state index in [0.29, 0.717) is 19.6 Å². The Labute approximate surface area is 192 Å². The third-order valence-corrected chi connectivity index (χ3v) is 6.28. The zero-order valence-electron chi connectivity index (χ0n) is 17.8. The largest absolute Gasteiger partial charge is 0.497 e. The van der Waals surface area contributed by atoms with Gasteiger partial charge in [-0.3, -0.25) is 4.99 Å². The van der Waals surface area contributed by atoms with Crippen LogP contribution in [0.2, 0.25) is 0 Å². The van der Waals surface area contributed by atoms with Gasteiger partial charge >= 0.3 is 0 Å². The SMILES string of the molecule is CCN(CCCNC(=NC)N1CCN(c2cccc(OC)c2)CC1)S(C)(=O)=O.I. The molecule has 1 aliphatic heterocycles. The smallest absolute Gasteiger partial charge is 0.211 e. The summed E-state index contributed by atoms with van der Waals surface area (Å²) >= 11 is 0. The van der Waals surface area contributed by atoms with Gasteiger partial charge in [0.1, 0.15) is 5.75 Å². The molecule has 0 aromatic heterocycles. The normalized spacial score (nSPS) is 15.3. The van der Waals surface area contributed by atoms with Crippen molar-refractivity contribution in [3.63, 3.8) is 0 Å². The van der Waals surface area contributed by atoms with E-state index >= 15 is 0 Å². The number of piperazine rings is 1. The first-order valence-corrected chi connectivity index (χ1v) is 11.5. The Morgan fingerprint density at radius 3 is 2.52 bits per heavy atom. The van der Waals surface area contributed by atoms with Gasteiger partial charge in [-0.15, -0.1) is 24.0 Å². The fourth-order valence-electron chi connectivity index (χ4n) is 3.33. The number of nitrogens with one attached hydrogen (secondary N) is 1. The number of sulfonamides is 1. The van der Waals surface area contributed by atoms with Crippen LogP contribution in [0.15, 0.2) is 29.3 Å². The molecule has 0 radical (unpaired) electrons. The van der Waals surface area contributed by atoms with Crippen LogP contribution in [0.4, 0.5) is 5.69 Å². The molecule has 1 aliphatic rings. The minimum absolute atomic E-state index is 0. The molecule has 0 aliphatic carbocycles. The van der Waals surface area contributed by atoms with Crippen LogP contribution in [-0.2, 0) is 10.0 Å². The van der Waals surface area contributed by atoms with Gasteiger partial charge < -0.3 is 19.9 Å². The standard InChI is InChI=1S/C19H33N5O3S.HI/c1-5-24(28(4,25)26)11-7-10-21-19(20-2)23-14-12-22(13-15-23)17-8-6-9-18(16-17)27-3;/h6,8-9,16H,5,7,10-15H2,1-4H3,(H,20,21);1H. The van der Waals surface area contributed by atoms with E-state index in [1.807, 2.05) is 19.1 Å². The molecule has 1 saturated heterocycles. The second-order valence-corrected chi connectivity index (χ2v) is 8.74. The van der Waals surface area contributed by atoms with Gasteiger partial charge in [-0.05, 0) is 18.6 Å². The Morgan fingerprint density at radius 2 is 1.97 bits per heavy atom. The molecule has 29 heavy (non-hydrogen) atoms. The molecule has 0 amide bonds. The molecular formula is C19H34IN5O3S. The van der Waals surface area contributed by atoms with Crippen LogP contribution in [0.5, 0.6) is 5.75 Å². The monoisotopic (exact) mass is 539 g/mol. The molecule has 1 N–H and O–H groups in total. The molecule has 1 fully saturated rings. The van der Waals surface area contributed by atoms with Crippen LogP contribution in [0.3, 0.4) is 0 Å². The Kier molecular flexibility index (Phi) is 11.0. The first-order chi connectivity index (χ1) is 13.4. The maximum atomic E-state index is 11.6. The van der Waals surface area contributed by atoms with Crippen LogP contribution >= 0.6 is 24.0 Å². The molecule has 8 nitrogen and oxygen atoms in total. The van der Waals surface area contributed by atoms with E-state index in [-0.39, 0.29) is 24.0 Å². The summed E-state index contributed by atoms with van der Waals surface area (Å²) in [5, 5.41) is 3.36. The summed E-state index contributed by atoms with van der Waals surface area (Å²) in [6.07, 6.45) is 1.99. The topological polar surface area (TPSA) is 77.5 Å². The van der Waals surface area contributed by atoms with E-state index in [0.717, 1.165) is 44.3 Å². The van der Waals surface area contributed by atoms with Crippen molar-refractivity contribution >= 4 is 45.6 Å². The van der Waals surface area contributed by atoms with Crippen molar-refractivity contribution in [2.75, 3.05) is 71.1 Å². The minimum Gasteiger partial charge on any atom is -0.497 e. The summed E-state index contributed by atoms with van der Waals surface area (Å²) in [7, 11) is 0.337. The summed E-state index contributed by atoms with van der Waals surface area (Å²) in [6.45, 7) is 7.13. The Hall–Kier alpha value is -1.27. The van der Waals surface area contributed by atoms with Crippen molar-refractivity contribution in [2.24, 2.45) is 4.99 Å². The van der Waals surface area contributed by atoms with Crippen molar-refractivity contribution < 1.29 is 13.2 Å². The highest BCUT2D eigenvalue weighted by Gasteiger charge is 2.20. The number of hydrogen-bond acceptors (Lipinski definition) is 5. The summed E-state index contributed by atoms with van der Waals surface area (Å²) < 4.78 is 30.1. The number of methoxy groups -OCH3 is 1. The summed E-state index contributed by atoms with van der Waals surface area (Å²) in [5.41, 5.74) is 1.17.